The molecule has 9 nitrogen and oxygen atoms in total. The normalized spacial score (nSPS) is 20.0. The van der Waals surface area contributed by atoms with E-state index >= 15 is 4.39 Å². The number of benzene rings is 1. The molecule has 0 aliphatic carbocycles. The second-order valence-corrected chi connectivity index (χ2v) is 10.3. The molecular formula is C26H28F3N5O4. The molecule has 1 aliphatic heterocycles. The van der Waals surface area contributed by atoms with E-state index in [0.29, 0.717) is 16.9 Å². The Balaban J connectivity index is 1.61. The molecular weight excluding hydrogens is 503 g/mol. The summed E-state index contributed by atoms with van der Waals surface area (Å²) in [5, 5.41) is 16.5. The molecule has 0 saturated carbocycles. The molecule has 0 spiro atoms. The van der Waals surface area contributed by atoms with Crippen molar-refractivity contribution in [1.82, 2.24) is 20.1 Å². The number of para-hydroxylation sites is 1. The van der Waals surface area contributed by atoms with Crippen molar-refractivity contribution in [3.63, 3.8) is 0 Å². The third kappa shape index (κ3) is 5.63. The minimum absolute atomic E-state index is 0.0796. The number of amides is 2. The van der Waals surface area contributed by atoms with Gasteiger partial charge >= 0.3 is 12.5 Å². The highest BCUT2D eigenvalue weighted by atomic mass is 19.3. The van der Waals surface area contributed by atoms with E-state index in [0.717, 1.165) is 0 Å². The van der Waals surface area contributed by atoms with Gasteiger partial charge in [-0.3, -0.25) is 9.78 Å². The van der Waals surface area contributed by atoms with Gasteiger partial charge in [-0.1, -0.05) is 39.0 Å². The van der Waals surface area contributed by atoms with E-state index in [9.17, 15) is 23.5 Å². The number of piperidine rings is 1. The molecule has 0 radical (unpaired) electrons. The zero-order valence-electron chi connectivity index (χ0n) is 21.1. The molecule has 2 amide bonds. The Bertz CT molecular complexity index is 1280. The lowest BCUT2D eigenvalue weighted by Crippen LogP contribution is -2.60. The second-order valence-electron chi connectivity index (χ2n) is 10.3. The molecule has 3 heterocycles. The number of likely N-dealkylation sites (tertiary alicyclic amines) is 1. The maximum Gasteiger partial charge on any atom is 0.407 e. The third-order valence-electron chi connectivity index (χ3n) is 6.60. The van der Waals surface area contributed by atoms with Gasteiger partial charge < -0.3 is 19.3 Å². The van der Waals surface area contributed by atoms with Crippen LogP contribution < -0.4 is 4.90 Å². The number of carboxylic acid groups (broad SMARTS) is 1. The summed E-state index contributed by atoms with van der Waals surface area (Å²) < 4.78 is 46.9. The summed E-state index contributed by atoms with van der Waals surface area (Å²) in [4.78, 5) is 32.4. The lowest BCUT2D eigenvalue weighted by Gasteiger charge is -2.47. The summed E-state index contributed by atoms with van der Waals surface area (Å²) in [6.45, 7) is 5.26. The van der Waals surface area contributed by atoms with E-state index in [-0.39, 0.29) is 31.8 Å². The molecule has 12 heteroatoms. The molecule has 0 bridgehead atoms. The number of hydrogen-bond acceptors (Lipinski definition) is 6. The van der Waals surface area contributed by atoms with E-state index in [4.69, 9.17) is 4.42 Å². The summed E-state index contributed by atoms with van der Waals surface area (Å²) in [5.41, 5.74) is -1.73. The smallest absolute Gasteiger partial charge is 0.407 e. The number of anilines is 1. The number of nitrogens with zero attached hydrogens (tertiary/aromatic N) is 5. The molecule has 1 saturated heterocycles. The fourth-order valence-electron chi connectivity index (χ4n) is 4.55. The first-order valence-corrected chi connectivity index (χ1v) is 12.0. The molecule has 1 N–H and O–H groups in total. The Labute approximate surface area is 217 Å². The van der Waals surface area contributed by atoms with Crippen molar-refractivity contribution in [3.8, 4) is 11.5 Å². The Morgan fingerprint density at radius 2 is 1.89 bits per heavy atom. The van der Waals surface area contributed by atoms with Crippen LogP contribution in [0.4, 0.5) is 23.7 Å². The van der Waals surface area contributed by atoms with Crippen LogP contribution in [0.3, 0.4) is 0 Å². The van der Waals surface area contributed by atoms with E-state index in [1.807, 2.05) is 20.8 Å². The highest BCUT2D eigenvalue weighted by Gasteiger charge is 2.52. The van der Waals surface area contributed by atoms with E-state index < -0.39 is 41.4 Å². The first-order chi connectivity index (χ1) is 17.9. The highest BCUT2D eigenvalue weighted by molar-refractivity contribution is 5.99. The number of carbonyl (C=O) groups excluding carboxylic acids is 1. The predicted octanol–water partition coefficient (Wildman–Crippen LogP) is 5.50. The van der Waals surface area contributed by atoms with Gasteiger partial charge in [-0.25, -0.2) is 9.18 Å². The molecule has 1 aromatic carbocycles. The van der Waals surface area contributed by atoms with Crippen LogP contribution in [0.2, 0.25) is 0 Å². The highest BCUT2D eigenvalue weighted by Crippen LogP contribution is 2.40. The van der Waals surface area contributed by atoms with Gasteiger partial charge in [-0.15, -0.1) is 10.2 Å². The fourth-order valence-corrected chi connectivity index (χ4v) is 4.55. The van der Waals surface area contributed by atoms with Gasteiger partial charge in [-0.2, -0.15) is 8.78 Å². The quantitative estimate of drug-likeness (QED) is 0.447. The fraction of sp³-hybridized carbons (Fsp3) is 0.423. The number of hydrogen-bond donors (Lipinski definition) is 1. The first-order valence-electron chi connectivity index (χ1n) is 12.0. The molecule has 1 aliphatic rings. The summed E-state index contributed by atoms with van der Waals surface area (Å²) in [7, 11) is 0. The van der Waals surface area contributed by atoms with E-state index in [1.165, 1.54) is 22.1 Å². The zero-order valence-corrected chi connectivity index (χ0v) is 21.1. The second kappa shape index (κ2) is 10.4. The maximum absolute atomic E-state index is 16.5. The lowest BCUT2D eigenvalue weighted by molar-refractivity contribution is -0.136. The van der Waals surface area contributed by atoms with Crippen LogP contribution in [-0.4, -0.2) is 55.4 Å². The van der Waals surface area contributed by atoms with Gasteiger partial charge in [0.1, 0.15) is 0 Å². The van der Waals surface area contributed by atoms with Gasteiger partial charge in [0, 0.05) is 37.3 Å². The monoisotopic (exact) mass is 531 g/mol. The van der Waals surface area contributed by atoms with Gasteiger partial charge in [0.05, 0.1) is 17.8 Å². The molecule has 2 atom stereocenters. The molecule has 4 rings (SSSR count). The standard InChI is InChI=1S/C26H28F3N5O4/c1-25(2,3)19-13-26(29,11-12-33(19)24(36)37)23(35)34(18-7-5-4-6-8-18)15-17-10-9-16(14-30-17)21-31-32-22(38-21)20(27)28/h4-10,14,19-20H,11-13,15H2,1-3H3,(H,36,37). The summed E-state index contributed by atoms with van der Waals surface area (Å²) in [5.74, 6) is -1.72. The minimum atomic E-state index is -2.90. The number of pyridine rings is 1. The predicted molar refractivity (Wildman–Crippen MR) is 131 cm³/mol. The van der Waals surface area contributed by atoms with Crippen LogP contribution >= 0.6 is 0 Å². The van der Waals surface area contributed by atoms with Crippen LogP contribution in [0, 0.1) is 5.41 Å². The first kappa shape index (κ1) is 27.1. The van der Waals surface area contributed by atoms with Crippen LogP contribution in [-0.2, 0) is 11.3 Å². The minimum Gasteiger partial charge on any atom is -0.465 e. The zero-order chi connectivity index (χ0) is 27.7. The van der Waals surface area contributed by atoms with Crippen molar-refractivity contribution in [2.75, 3.05) is 11.4 Å². The third-order valence-corrected chi connectivity index (χ3v) is 6.60. The Morgan fingerprint density at radius 3 is 2.45 bits per heavy atom. The van der Waals surface area contributed by atoms with Crippen molar-refractivity contribution < 1.29 is 32.3 Å². The lowest BCUT2D eigenvalue weighted by atomic mass is 9.75. The van der Waals surface area contributed by atoms with E-state index in [1.54, 1.807) is 36.4 Å². The molecule has 38 heavy (non-hydrogen) atoms. The summed E-state index contributed by atoms with van der Waals surface area (Å²) in [6.07, 6.45) is -3.25. The van der Waals surface area contributed by atoms with Gasteiger partial charge in [-0.05, 0) is 29.7 Å². The van der Waals surface area contributed by atoms with Gasteiger partial charge in [0.2, 0.25) is 5.89 Å². The molecule has 2 aromatic heterocycles. The van der Waals surface area contributed by atoms with Crippen LogP contribution in [0.5, 0.6) is 0 Å². The van der Waals surface area contributed by atoms with Crippen LogP contribution in [0.15, 0.2) is 53.1 Å². The SMILES string of the molecule is CC(C)(C)C1CC(F)(C(=O)N(Cc2ccc(-c3nnc(C(F)F)o3)cn2)c2ccccc2)CCN1C(=O)O. The van der Waals surface area contributed by atoms with Crippen LogP contribution in [0.25, 0.3) is 11.5 Å². The van der Waals surface area contributed by atoms with Crippen molar-refractivity contribution in [2.45, 2.75) is 58.3 Å². The largest absolute Gasteiger partial charge is 0.465 e. The number of aromatic nitrogens is 3. The molecule has 3 aromatic rings. The summed E-state index contributed by atoms with van der Waals surface area (Å²) >= 11 is 0. The van der Waals surface area contributed by atoms with Gasteiger partial charge in [0.25, 0.3) is 11.8 Å². The topological polar surface area (TPSA) is 113 Å². The Morgan fingerprint density at radius 1 is 1.18 bits per heavy atom. The van der Waals surface area contributed by atoms with Crippen molar-refractivity contribution in [2.24, 2.45) is 5.41 Å². The van der Waals surface area contributed by atoms with E-state index in [2.05, 4.69) is 15.2 Å². The number of carbonyl (C=O) groups is 2. The number of rotatable bonds is 6. The van der Waals surface area contributed by atoms with Gasteiger partial charge in [0.15, 0.2) is 5.67 Å². The molecule has 2 unspecified atom stereocenters. The van der Waals surface area contributed by atoms with Crippen molar-refractivity contribution >= 4 is 17.7 Å². The number of halogens is 3. The number of alkyl halides is 3. The maximum atomic E-state index is 16.5. The average Bonchev–Trinajstić information content (AvgIpc) is 3.38. The van der Waals surface area contributed by atoms with Crippen LogP contribution in [0.1, 0.15) is 51.6 Å². The van der Waals surface area contributed by atoms with Crippen molar-refractivity contribution in [1.29, 1.82) is 0 Å². The Kier molecular flexibility index (Phi) is 7.43. The Hall–Kier alpha value is -3.96. The molecule has 1 fully saturated rings. The van der Waals surface area contributed by atoms with Crippen molar-refractivity contribution in [3.05, 3.63) is 60.2 Å². The summed E-state index contributed by atoms with van der Waals surface area (Å²) in [6, 6.07) is 10.9. The molecule has 202 valence electrons. The average molecular weight is 532 g/mol.